The Morgan fingerprint density at radius 2 is 1.76 bits per heavy atom. The SMILES string of the molecule is CO[C@H]1CC[C@H](CNc2ccc(S(=O)(=O)NC(=O)c3ccc(N4CCN(CC5=C(c6ccc(Cl)cc6)CC(C)(C)CC5)CC4)cc3Oc3cnc(N)c(Br)c3)cc2[N+](=O)[O-])CC1. The van der Waals surface area contributed by atoms with Gasteiger partial charge in [0.2, 0.25) is 0 Å². The number of benzene rings is 3. The van der Waals surface area contributed by atoms with E-state index in [0.29, 0.717) is 30.0 Å². The molecule has 0 bridgehead atoms. The van der Waals surface area contributed by atoms with Crippen molar-refractivity contribution in [1.29, 1.82) is 0 Å². The lowest BCUT2D eigenvalue weighted by Crippen LogP contribution is -2.47. The summed E-state index contributed by atoms with van der Waals surface area (Å²) in [5, 5.41) is 16.0. The lowest BCUT2D eigenvalue weighted by molar-refractivity contribution is -0.384. The summed E-state index contributed by atoms with van der Waals surface area (Å²) in [6, 6.07) is 18.3. The van der Waals surface area contributed by atoms with Gasteiger partial charge in [0.1, 0.15) is 23.0 Å². The lowest BCUT2D eigenvalue weighted by atomic mass is 9.72. The number of nitro benzene ring substituents is 1. The summed E-state index contributed by atoms with van der Waals surface area (Å²) in [4.78, 5) is 33.8. The zero-order valence-electron chi connectivity index (χ0n) is 35.2. The number of nitrogens with two attached hydrogens (primary N) is 1. The van der Waals surface area contributed by atoms with Gasteiger partial charge >= 0.3 is 0 Å². The summed E-state index contributed by atoms with van der Waals surface area (Å²) in [6.45, 7) is 9.06. The molecule has 0 unspecified atom stereocenters. The monoisotopic (exact) mass is 949 g/mol. The molecule has 3 aromatic carbocycles. The van der Waals surface area contributed by atoms with Crippen molar-refractivity contribution in [3.05, 3.63) is 109 Å². The molecule has 1 aromatic heterocycles. The Labute approximate surface area is 376 Å². The number of sulfonamides is 1. The Hall–Kier alpha value is -4.74. The van der Waals surface area contributed by atoms with E-state index in [1.54, 1.807) is 25.3 Å². The zero-order chi connectivity index (χ0) is 44.2. The second kappa shape index (κ2) is 19.3. The summed E-state index contributed by atoms with van der Waals surface area (Å²) in [5.41, 5.74) is 10.7. The van der Waals surface area contributed by atoms with Gasteiger partial charge in [0.05, 0.1) is 32.2 Å². The molecule has 330 valence electrons. The van der Waals surface area contributed by atoms with Crippen molar-refractivity contribution >= 4 is 71.9 Å². The molecule has 0 radical (unpaired) electrons. The van der Waals surface area contributed by atoms with Gasteiger partial charge in [0.25, 0.3) is 21.6 Å². The maximum atomic E-state index is 13.9. The smallest absolute Gasteiger partial charge is 0.293 e. The number of pyridine rings is 1. The Morgan fingerprint density at radius 3 is 2.44 bits per heavy atom. The van der Waals surface area contributed by atoms with Gasteiger partial charge in [-0.1, -0.05) is 43.2 Å². The fourth-order valence-electron chi connectivity index (χ4n) is 8.53. The highest BCUT2D eigenvalue weighted by Gasteiger charge is 2.31. The van der Waals surface area contributed by atoms with Gasteiger partial charge in [-0.15, -0.1) is 0 Å². The third kappa shape index (κ3) is 11.1. The predicted molar refractivity (Wildman–Crippen MR) is 247 cm³/mol. The van der Waals surface area contributed by atoms with Crippen LogP contribution in [0, 0.1) is 21.4 Å². The summed E-state index contributed by atoms with van der Waals surface area (Å²) in [7, 11) is -2.87. The van der Waals surface area contributed by atoms with E-state index >= 15 is 0 Å². The van der Waals surface area contributed by atoms with Gasteiger partial charge in [0, 0.05) is 75.3 Å². The van der Waals surface area contributed by atoms with Crippen LogP contribution in [0.4, 0.5) is 22.9 Å². The van der Waals surface area contributed by atoms with E-state index in [2.05, 4.69) is 66.7 Å². The molecule has 4 N–H and O–H groups in total. The Balaban J connectivity index is 1.07. The van der Waals surface area contributed by atoms with Crippen molar-refractivity contribution in [2.75, 3.05) is 62.3 Å². The van der Waals surface area contributed by atoms with E-state index in [0.717, 1.165) is 81.4 Å². The van der Waals surface area contributed by atoms with Crippen LogP contribution in [0.25, 0.3) is 5.57 Å². The minimum Gasteiger partial charge on any atom is -0.455 e. The highest BCUT2D eigenvalue weighted by atomic mass is 79.9. The van der Waals surface area contributed by atoms with Crippen molar-refractivity contribution in [1.82, 2.24) is 14.6 Å². The largest absolute Gasteiger partial charge is 0.455 e. The second-order valence-electron chi connectivity index (χ2n) is 17.1. The van der Waals surface area contributed by atoms with Crippen LogP contribution in [0.3, 0.4) is 0 Å². The van der Waals surface area contributed by atoms with Crippen molar-refractivity contribution in [3.8, 4) is 11.5 Å². The molecule has 17 heteroatoms. The maximum absolute atomic E-state index is 13.9. The summed E-state index contributed by atoms with van der Waals surface area (Å²) < 4.78 is 41.6. The number of ether oxygens (including phenoxy) is 2. The third-order valence-electron chi connectivity index (χ3n) is 12.2. The van der Waals surface area contributed by atoms with Crippen LogP contribution in [0.5, 0.6) is 11.5 Å². The Bertz CT molecular complexity index is 2440. The Kier molecular flexibility index (Phi) is 14.1. The van der Waals surface area contributed by atoms with Crippen molar-refractivity contribution in [3.63, 3.8) is 0 Å². The number of aromatic nitrogens is 1. The van der Waals surface area contributed by atoms with E-state index in [9.17, 15) is 23.3 Å². The van der Waals surface area contributed by atoms with Crippen LogP contribution in [-0.2, 0) is 14.8 Å². The first kappa shape index (κ1) is 45.3. The molecule has 0 spiro atoms. The average molecular weight is 951 g/mol. The number of rotatable bonds is 14. The Morgan fingerprint density at radius 1 is 1.03 bits per heavy atom. The molecule has 7 rings (SSSR count). The first-order valence-electron chi connectivity index (χ1n) is 20.9. The number of nitro groups is 1. The highest BCUT2D eigenvalue weighted by molar-refractivity contribution is 9.10. The van der Waals surface area contributed by atoms with Gasteiger partial charge in [-0.05, 0) is 120 Å². The van der Waals surface area contributed by atoms with Crippen molar-refractivity contribution in [2.45, 2.75) is 69.8 Å². The molecule has 3 aliphatic rings. The topological polar surface area (TPSA) is 182 Å². The summed E-state index contributed by atoms with van der Waals surface area (Å²) in [5.74, 6) is -0.0888. The minimum atomic E-state index is -4.57. The molecule has 14 nitrogen and oxygen atoms in total. The first-order valence-corrected chi connectivity index (χ1v) is 23.5. The number of nitrogens with zero attached hydrogens (tertiary/aromatic N) is 4. The summed E-state index contributed by atoms with van der Waals surface area (Å²) in [6.07, 6.45) is 8.45. The molecule has 1 aliphatic heterocycles. The number of hydrogen-bond acceptors (Lipinski definition) is 12. The fraction of sp³-hybridized carbons (Fsp3) is 0.422. The van der Waals surface area contributed by atoms with E-state index in [-0.39, 0.29) is 40.1 Å². The molecule has 1 saturated heterocycles. The molecule has 0 atom stereocenters. The molecule has 2 aliphatic carbocycles. The van der Waals surface area contributed by atoms with E-state index in [1.807, 2.05) is 12.1 Å². The van der Waals surface area contributed by atoms with E-state index in [4.69, 9.17) is 26.8 Å². The van der Waals surface area contributed by atoms with Gasteiger partial charge < -0.3 is 25.4 Å². The lowest BCUT2D eigenvalue weighted by Gasteiger charge is -2.39. The number of methoxy groups -OCH3 is 1. The standard InChI is InChI=1S/C45H53BrClN7O7S/c1-45(2)17-16-31(38(25-45)30-6-8-32(47)9-7-30)28-52-18-20-53(21-19-52)33-10-14-37(42(22-33)61-35-23-39(46)43(48)50-27-35)44(55)51-62(58,59)36-13-15-40(41(24-36)54(56)57)49-26-29-4-11-34(60-3)12-5-29/h6-10,13-15,22-24,27,29,34,49H,4-5,11-12,16-21,25-26,28H2,1-3H3,(H2,48,50)(H,51,55)/t29-,34-. The quantitative estimate of drug-likeness (QED) is 0.0806. The number of nitrogen functional groups attached to an aromatic ring is 1. The number of amides is 1. The van der Waals surface area contributed by atoms with Gasteiger partial charge in [-0.25, -0.2) is 18.1 Å². The van der Waals surface area contributed by atoms with Crippen LogP contribution >= 0.6 is 27.5 Å². The van der Waals surface area contributed by atoms with E-state index < -0.39 is 31.4 Å². The third-order valence-corrected chi connectivity index (χ3v) is 14.4. The van der Waals surface area contributed by atoms with Gasteiger partial charge in [-0.3, -0.25) is 19.8 Å². The van der Waals surface area contributed by atoms with Gasteiger partial charge in [0.15, 0.2) is 0 Å². The van der Waals surface area contributed by atoms with Crippen molar-refractivity contribution in [2.24, 2.45) is 11.3 Å². The van der Waals surface area contributed by atoms with Crippen LogP contribution in [0.1, 0.15) is 74.7 Å². The number of halogens is 2. The number of hydrogen-bond donors (Lipinski definition) is 3. The number of allylic oxidation sites excluding steroid dienone is 1. The normalized spacial score (nSPS) is 19.5. The predicted octanol–water partition coefficient (Wildman–Crippen LogP) is 9.30. The van der Waals surface area contributed by atoms with Gasteiger partial charge in [-0.2, -0.15) is 0 Å². The zero-order valence-corrected chi connectivity index (χ0v) is 38.3. The number of carbonyl (C=O) groups excluding carboxylic acids is 1. The number of nitrogens with one attached hydrogen (secondary N) is 2. The number of carbonyl (C=O) groups is 1. The number of piperazine rings is 1. The highest BCUT2D eigenvalue weighted by Crippen LogP contribution is 2.43. The fourth-order valence-corrected chi connectivity index (χ4v) is 9.97. The van der Waals surface area contributed by atoms with E-state index in [1.165, 1.54) is 41.1 Å². The molecule has 4 aromatic rings. The number of anilines is 3. The van der Waals surface area contributed by atoms with Crippen LogP contribution in [0.2, 0.25) is 5.02 Å². The molecule has 1 amide bonds. The van der Waals surface area contributed by atoms with Crippen LogP contribution in [-0.4, -0.2) is 81.6 Å². The molecule has 62 heavy (non-hydrogen) atoms. The van der Waals surface area contributed by atoms with Crippen LogP contribution < -0.4 is 25.4 Å². The molecular weight excluding hydrogens is 898 g/mol. The maximum Gasteiger partial charge on any atom is 0.293 e. The molecule has 2 heterocycles. The van der Waals surface area contributed by atoms with Crippen molar-refractivity contribution < 1.29 is 27.6 Å². The average Bonchev–Trinajstić information content (AvgIpc) is 3.25. The molecular formula is C45H53BrClN7O7S. The summed E-state index contributed by atoms with van der Waals surface area (Å²) >= 11 is 9.60. The minimum absolute atomic E-state index is 0.0678. The first-order chi connectivity index (χ1) is 29.6. The molecule has 1 saturated carbocycles. The molecule has 2 fully saturated rings. The second-order valence-corrected chi connectivity index (χ2v) is 20.1. The van der Waals surface area contributed by atoms with Crippen LogP contribution in [0.15, 0.2) is 87.9 Å².